The van der Waals surface area contributed by atoms with Crippen LogP contribution in [0.2, 0.25) is 0 Å². The van der Waals surface area contributed by atoms with Gasteiger partial charge in [0, 0.05) is 16.7 Å². The lowest BCUT2D eigenvalue weighted by Gasteiger charge is -2.33. The van der Waals surface area contributed by atoms with Gasteiger partial charge in [-0.25, -0.2) is 15.0 Å². The summed E-state index contributed by atoms with van der Waals surface area (Å²) in [7, 11) is 0. The van der Waals surface area contributed by atoms with E-state index in [4.69, 9.17) is 15.0 Å². The van der Waals surface area contributed by atoms with Crippen LogP contribution in [0.4, 0.5) is 0 Å². The fourth-order valence-electron chi connectivity index (χ4n) is 8.19. The van der Waals surface area contributed by atoms with Crippen molar-refractivity contribution in [2.45, 2.75) is 57.8 Å². The molecule has 0 amide bonds. The molecule has 1 heterocycles. The zero-order valence-corrected chi connectivity index (χ0v) is 30.1. The van der Waals surface area contributed by atoms with Crippen LogP contribution in [0.3, 0.4) is 0 Å². The van der Waals surface area contributed by atoms with Crippen LogP contribution in [0.5, 0.6) is 0 Å². The molecule has 6 aromatic carbocycles. The number of benzene rings is 6. The monoisotopic (exact) mass is 659 g/mol. The minimum atomic E-state index is -0.493. The topological polar surface area (TPSA) is 38.7 Å². The number of hydrogen-bond donors (Lipinski definition) is 0. The van der Waals surface area contributed by atoms with E-state index in [1.54, 1.807) is 0 Å². The predicted molar refractivity (Wildman–Crippen MR) is 210 cm³/mol. The van der Waals surface area contributed by atoms with E-state index in [1.165, 1.54) is 55.6 Å². The minimum Gasteiger partial charge on any atom is -0.208 e. The van der Waals surface area contributed by atoms with E-state index >= 15 is 0 Å². The van der Waals surface area contributed by atoms with Gasteiger partial charge in [0.05, 0.1) is 5.41 Å². The van der Waals surface area contributed by atoms with Crippen molar-refractivity contribution in [2.75, 3.05) is 0 Å². The van der Waals surface area contributed by atoms with Crippen LogP contribution in [0, 0.1) is 0 Å². The zero-order chi connectivity index (χ0) is 35.1. The first-order valence-corrected chi connectivity index (χ1v) is 18.0. The van der Waals surface area contributed by atoms with E-state index in [-0.39, 0.29) is 10.8 Å². The van der Waals surface area contributed by atoms with Crippen LogP contribution in [0.1, 0.15) is 74.9 Å². The molecule has 2 aliphatic carbocycles. The van der Waals surface area contributed by atoms with Crippen molar-refractivity contribution in [3.05, 3.63) is 173 Å². The lowest BCUT2D eigenvalue weighted by atomic mass is 9.68. The largest absolute Gasteiger partial charge is 0.208 e. The summed E-state index contributed by atoms with van der Waals surface area (Å²) in [6, 6.07) is 50.7. The molecule has 1 spiro atoms. The molecule has 248 valence electrons. The SMILES string of the molecule is CC(C)(C)c1ccc2c(c1)C1(c3ccccc3-c3ccc(-c4nc(-c5ccccc5)nc(-c5ccccc5)n4)cc31)c1cc(C(C)(C)C)ccc1-2. The van der Waals surface area contributed by atoms with Gasteiger partial charge in [0.25, 0.3) is 0 Å². The lowest BCUT2D eigenvalue weighted by molar-refractivity contribution is 0.586. The Morgan fingerprint density at radius 2 is 0.745 bits per heavy atom. The quantitative estimate of drug-likeness (QED) is 0.189. The van der Waals surface area contributed by atoms with Gasteiger partial charge < -0.3 is 0 Å². The van der Waals surface area contributed by atoms with Gasteiger partial charge >= 0.3 is 0 Å². The molecule has 0 N–H and O–H groups in total. The van der Waals surface area contributed by atoms with Gasteiger partial charge in [-0.05, 0) is 72.5 Å². The van der Waals surface area contributed by atoms with Crippen LogP contribution >= 0.6 is 0 Å². The Balaban J connectivity index is 1.35. The first-order valence-electron chi connectivity index (χ1n) is 18.0. The molecule has 2 aliphatic rings. The third-order valence-corrected chi connectivity index (χ3v) is 10.9. The van der Waals surface area contributed by atoms with Crippen molar-refractivity contribution in [2.24, 2.45) is 0 Å². The van der Waals surface area contributed by atoms with Gasteiger partial charge in [-0.15, -0.1) is 0 Å². The molecule has 0 saturated carbocycles. The van der Waals surface area contributed by atoms with E-state index < -0.39 is 5.41 Å². The number of hydrogen-bond acceptors (Lipinski definition) is 3. The molecule has 0 atom stereocenters. The van der Waals surface area contributed by atoms with E-state index in [1.807, 2.05) is 36.4 Å². The maximum absolute atomic E-state index is 5.15. The fourth-order valence-corrected chi connectivity index (χ4v) is 8.19. The maximum Gasteiger partial charge on any atom is 0.164 e. The van der Waals surface area contributed by atoms with E-state index in [0.29, 0.717) is 17.5 Å². The fraction of sp³-hybridized carbons (Fsp3) is 0.188. The molecule has 3 nitrogen and oxygen atoms in total. The molecular weight excluding hydrogens is 619 g/mol. The third kappa shape index (κ3) is 4.82. The summed E-state index contributed by atoms with van der Waals surface area (Å²) in [5.41, 5.74) is 15.6. The van der Waals surface area contributed by atoms with Gasteiger partial charge in [0.15, 0.2) is 17.5 Å². The highest BCUT2D eigenvalue weighted by molar-refractivity contribution is 5.96. The number of nitrogens with zero attached hydrogens (tertiary/aromatic N) is 3. The smallest absolute Gasteiger partial charge is 0.164 e. The van der Waals surface area contributed by atoms with Crippen LogP contribution < -0.4 is 0 Å². The molecule has 9 rings (SSSR count). The van der Waals surface area contributed by atoms with Crippen LogP contribution in [-0.4, -0.2) is 15.0 Å². The molecule has 51 heavy (non-hydrogen) atoms. The number of rotatable bonds is 3. The molecule has 0 radical (unpaired) electrons. The second kappa shape index (κ2) is 11.2. The average molecular weight is 660 g/mol. The Labute approximate surface area is 301 Å². The second-order valence-corrected chi connectivity index (χ2v) is 16.1. The summed E-state index contributed by atoms with van der Waals surface area (Å²) in [6.07, 6.45) is 0. The van der Waals surface area contributed by atoms with Crippen LogP contribution in [0.25, 0.3) is 56.4 Å². The Morgan fingerprint density at radius 3 is 1.24 bits per heavy atom. The first-order chi connectivity index (χ1) is 24.5. The predicted octanol–water partition coefficient (Wildman–Crippen LogP) is 11.8. The number of aromatic nitrogens is 3. The highest BCUT2D eigenvalue weighted by Crippen LogP contribution is 2.63. The Bertz CT molecular complexity index is 2360. The standard InChI is InChI=1S/C48H41N3/c1-46(2,3)33-22-25-37-38-26-23-34(47(4,5)6)29-42(38)48(41(37)28-33)39-20-14-13-19-35(39)36-24-21-32(27-40(36)48)45-50-43(30-15-9-7-10-16-30)49-44(51-45)31-17-11-8-12-18-31/h7-29H,1-6H3. The van der Waals surface area contributed by atoms with E-state index in [2.05, 4.69) is 145 Å². The summed E-state index contributed by atoms with van der Waals surface area (Å²) in [5, 5.41) is 0. The Kier molecular flexibility index (Phi) is 6.86. The molecule has 3 heteroatoms. The molecule has 1 aromatic heterocycles. The summed E-state index contributed by atoms with van der Waals surface area (Å²) in [5.74, 6) is 2.00. The molecule has 0 aliphatic heterocycles. The van der Waals surface area contributed by atoms with E-state index in [0.717, 1.165) is 16.7 Å². The van der Waals surface area contributed by atoms with Crippen molar-refractivity contribution in [1.82, 2.24) is 15.0 Å². The van der Waals surface area contributed by atoms with Gasteiger partial charge in [-0.2, -0.15) is 0 Å². The molecule has 0 saturated heterocycles. The first kappa shape index (κ1) is 31.3. The van der Waals surface area contributed by atoms with Crippen LogP contribution in [-0.2, 0) is 16.2 Å². The number of fused-ring (bicyclic) bond motifs is 10. The molecule has 0 bridgehead atoms. The minimum absolute atomic E-state index is 0.00305. The van der Waals surface area contributed by atoms with Gasteiger partial charge in [0.1, 0.15) is 0 Å². The highest BCUT2D eigenvalue weighted by atomic mass is 15.0. The lowest BCUT2D eigenvalue weighted by Crippen LogP contribution is -2.27. The highest BCUT2D eigenvalue weighted by Gasteiger charge is 2.52. The summed E-state index contributed by atoms with van der Waals surface area (Å²) < 4.78 is 0. The molecular formula is C48H41N3. The Morgan fingerprint density at radius 1 is 0.353 bits per heavy atom. The third-order valence-electron chi connectivity index (χ3n) is 10.9. The van der Waals surface area contributed by atoms with Crippen molar-refractivity contribution in [3.63, 3.8) is 0 Å². The maximum atomic E-state index is 5.15. The van der Waals surface area contributed by atoms with Gasteiger partial charge in [-0.1, -0.05) is 175 Å². The van der Waals surface area contributed by atoms with Crippen molar-refractivity contribution < 1.29 is 0 Å². The van der Waals surface area contributed by atoms with Crippen molar-refractivity contribution >= 4 is 0 Å². The normalized spacial score (nSPS) is 13.8. The van der Waals surface area contributed by atoms with Gasteiger partial charge in [-0.3, -0.25) is 0 Å². The van der Waals surface area contributed by atoms with Crippen molar-refractivity contribution in [3.8, 4) is 56.4 Å². The summed E-state index contributed by atoms with van der Waals surface area (Å²) >= 11 is 0. The Hall–Kier alpha value is -5.67. The molecule has 7 aromatic rings. The average Bonchev–Trinajstić information content (AvgIpc) is 3.61. The van der Waals surface area contributed by atoms with E-state index in [9.17, 15) is 0 Å². The molecule has 0 unspecified atom stereocenters. The van der Waals surface area contributed by atoms with Crippen LogP contribution in [0.15, 0.2) is 140 Å². The zero-order valence-electron chi connectivity index (χ0n) is 30.1. The summed E-state index contributed by atoms with van der Waals surface area (Å²) in [6.45, 7) is 13.9. The van der Waals surface area contributed by atoms with Gasteiger partial charge in [0.2, 0.25) is 0 Å². The molecule has 0 fully saturated rings. The summed E-state index contributed by atoms with van der Waals surface area (Å²) in [4.78, 5) is 15.3. The van der Waals surface area contributed by atoms with Crippen molar-refractivity contribution in [1.29, 1.82) is 0 Å². The second-order valence-electron chi connectivity index (χ2n) is 16.1.